The summed E-state index contributed by atoms with van der Waals surface area (Å²) in [6, 6.07) is 1.59. The molecule has 2 aromatic rings. The third-order valence-electron chi connectivity index (χ3n) is 8.84. The Hall–Kier alpha value is -2.44. The lowest BCUT2D eigenvalue weighted by atomic mass is 9.70. The summed E-state index contributed by atoms with van der Waals surface area (Å²) in [5, 5.41) is 12.8. The fourth-order valence-corrected chi connectivity index (χ4v) is 7.04. The van der Waals surface area contributed by atoms with Crippen molar-refractivity contribution in [1.29, 1.82) is 0 Å². The molecule has 4 nitrogen and oxygen atoms in total. The van der Waals surface area contributed by atoms with Crippen LogP contribution in [-0.4, -0.2) is 33.1 Å². The van der Waals surface area contributed by atoms with E-state index in [-0.39, 0.29) is 29.2 Å². The molecule has 3 atom stereocenters. The Kier molecular flexibility index (Phi) is 5.28. The smallest absolute Gasteiger partial charge is 0.196 e. The Morgan fingerprint density at radius 3 is 2.74 bits per heavy atom. The van der Waals surface area contributed by atoms with Gasteiger partial charge in [-0.15, -0.1) is 0 Å². The Morgan fingerprint density at radius 1 is 1.23 bits per heavy atom. The van der Waals surface area contributed by atoms with E-state index in [1.807, 2.05) is 19.9 Å². The Balaban J connectivity index is 1.67. The van der Waals surface area contributed by atoms with Gasteiger partial charge < -0.3 is 9.84 Å². The second kappa shape index (κ2) is 8.04. The molecule has 1 aromatic carbocycles. The molecule has 3 aliphatic carbocycles. The Morgan fingerprint density at radius 2 is 1.97 bits per heavy atom. The summed E-state index contributed by atoms with van der Waals surface area (Å²) in [5.41, 5.74) is 6.66. The van der Waals surface area contributed by atoms with Crippen molar-refractivity contribution in [2.45, 2.75) is 77.2 Å². The van der Waals surface area contributed by atoms with Gasteiger partial charge in [0.15, 0.2) is 16.4 Å². The molecule has 0 spiro atoms. The molecule has 0 radical (unpaired) electrons. The molecule has 2 heterocycles. The largest absolute Gasteiger partial charge is 0.479 e. The maximum atomic E-state index is 14.9. The van der Waals surface area contributed by atoms with Crippen LogP contribution in [0.4, 0.5) is 4.39 Å². The first-order chi connectivity index (χ1) is 16.7. The van der Waals surface area contributed by atoms with Crippen LogP contribution >= 0.6 is 12.2 Å². The zero-order chi connectivity index (χ0) is 24.6. The van der Waals surface area contributed by atoms with Crippen molar-refractivity contribution >= 4 is 39.5 Å². The van der Waals surface area contributed by atoms with E-state index in [0.29, 0.717) is 35.4 Å². The number of halogens is 1. The molecular formula is C29H30FNO3S. The number of aryl methyl sites for hydroxylation is 1. The highest BCUT2D eigenvalue weighted by molar-refractivity contribution is 7.80. The van der Waals surface area contributed by atoms with Gasteiger partial charge in [-0.1, -0.05) is 13.8 Å². The highest BCUT2D eigenvalue weighted by Crippen LogP contribution is 2.48. The second-order valence-electron chi connectivity index (χ2n) is 10.6. The van der Waals surface area contributed by atoms with Crippen LogP contribution in [0.25, 0.3) is 16.5 Å². The summed E-state index contributed by atoms with van der Waals surface area (Å²) in [5.74, 6) is 0.346. The molecule has 0 fully saturated rings. The zero-order valence-corrected chi connectivity index (χ0v) is 21.3. The summed E-state index contributed by atoms with van der Waals surface area (Å²) in [6.07, 6.45) is 7.14. The number of rotatable bonds is 1. The average molecular weight is 492 g/mol. The Labute approximate surface area is 210 Å². The SMILES string of the molecule is CC[C@@]1(O)C(=S)OCC2=C1C=C1c3nc4cc(F)c(C)c5c4c(c3CCC1CCC2=O)[C@@H](C)CC5. The molecule has 1 unspecified atom stereocenters. The van der Waals surface area contributed by atoms with Gasteiger partial charge in [-0.2, -0.15) is 0 Å². The number of allylic oxidation sites excluding steroid dienone is 1. The fourth-order valence-electron chi connectivity index (χ4n) is 6.73. The van der Waals surface area contributed by atoms with Gasteiger partial charge in [0.2, 0.25) is 0 Å². The molecule has 6 heteroatoms. The van der Waals surface area contributed by atoms with Crippen molar-refractivity contribution in [2.24, 2.45) is 5.92 Å². The van der Waals surface area contributed by atoms with Gasteiger partial charge in [0.25, 0.3) is 0 Å². The van der Waals surface area contributed by atoms with E-state index in [1.54, 1.807) is 6.07 Å². The number of carbonyl (C=O) groups excluding carboxylic acids is 1. The maximum absolute atomic E-state index is 14.9. The normalized spacial score (nSPS) is 28.0. The molecule has 182 valence electrons. The summed E-state index contributed by atoms with van der Waals surface area (Å²) in [6.45, 7) is 6.09. The minimum Gasteiger partial charge on any atom is -0.479 e. The number of hydrogen-bond donors (Lipinski definition) is 1. The number of thiocarbonyl (C=S) groups is 1. The number of carbonyl (C=O) groups is 1. The number of aromatic nitrogens is 1. The highest BCUT2D eigenvalue weighted by Gasteiger charge is 2.44. The minimum atomic E-state index is -1.49. The van der Waals surface area contributed by atoms with E-state index in [2.05, 4.69) is 6.92 Å². The van der Waals surface area contributed by atoms with Crippen molar-refractivity contribution in [1.82, 2.24) is 4.98 Å². The van der Waals surface area contributed by atoms with Gasteiger partial charge in [0.1, 0.15) is 12.4 Å². The van der Waals surface area contributed by atoms with Gasteiger partial charge in [-0.3, -0.25) is 4.79 Å². The third-order valence-corrected chi connectivity index (χ3v) is 9.30. The van der Waals surface area contributed by atoms with Gasteiger partial charge >= 0.3 is 0 Å². The summed E-state index contributed by atoms with van der Waals surface area (Å²) in [7, 11) is 0. The quantitative estimate of drug-likeness (QED) is 0.508. The number of pyridine rings is 1. The van der Waals surface area contributed by atoms with Gasteiger partial charge in [0, 0.05) is 29.0 Å². The van der Waals surface area contributed by atoms with Crippen molar-refractivity contribution in [3.63, 3.8) is 0 Å². The fraction of sp³-hybridized carbons (Fsp3) is 0.483. The minimum absolute atomic E-state index is 0.0212. The number of aliphatic hydroxyl groups is 1. The molecule has 1 aliphatic heterocycles. The first-order valence-corrected chi connectivity index (χ1v) is 13.2. The van der Waals surface area contributed by atoms with Gasteiger partial charge in [0.05, 0.1) is 11.2 Å². The summed E-state index contributed by atoms with van der Waals surface area (Å²) >= 11 is 5.41. The van der Waals surface area contributed by atoms with Crippen LogP contribution in [0.15, 0.2) is 23.3 Å². The molecule has 0 saturated carbocycles. The lowest BCUT2D eigenvalue weighted by molar-refractivity contribution is -0.116. The first-order valence-electron chi connectivity index (χ1n) is 12.8. The van der Waals surface area contributed by atoms with Crippen molar-refractivity contribution in [3.05, 3.63) is 57.1 Å². The maximum Gasteiger partial charge on any atom is 0.196 e. The van der Waals surface area contributed by atoms with Gasteiger partial charge in [-0.05, 0) is 103 Å². The van der Waals surface area contributed by atoms with Crippen molar-refractivity contribution in [2.75, 3.05) is 6.61 Å². The van der Waals surface area contributed by atoms with E-state index in [0.717, 1.165) is 59.9 Å². The lowest BCUT2D eigenvalue weighted by Gasteiger charge is -2.38. The lowest BCUT2D eigenvalue weighted by Crippen LogP contribution is -2.45. The standard InChI is InChI=1S/C29H30FNO3S/c1-4-29(33)21-11-19-16(7-10-24(32)20(21)13-34-28(29)35)6-9-18-25-14(2)5-8-17-15(3)22(30)12-23(26(17)25)31-27(18)19/h11-12,14,16,33H,4-10,13H2,1-3H3/t14-,16?,29-/m0/s1. The molecule has 0 bridgehead atoms. The van der Waals surface area contributed by atoms with Crippen LogP contribution in [0.3, 0.4) is 0 Å². The van der Waals surface area contributed by atoms with E-state index >= 15 is 0 Å². The van der Waals surface area contributed by atoms with Crippen LogP contribution in [-0.2, 0) is 22.4 Å². The molecule has 1 aromatic heterocycles. The summed E-state index contributed by atoms with van der Waals surface area (Å²) in [4.78, 5) is 18.2. The van der Waals surface area contributed by atoms with E-state index < -0.39 is 5.60 Å². The second-order valence-corrected chi connectivity index (χ2v) is 11.0. The van der Waals surface area contributed by atoms with Crippen molar-refractivity contribution < 1.29 is 19.0 Å². The topological polar surface area (TPSA) is 59.4 Å². The van der Waals surface area contributed by atoms with E-state index in [9.17, 15) is 14.3 Å². The van der Waals surface area contributed by atoms with Crippen LogP contribution in [0.1, 0.15) is 79.8 Å². The van der Waals surface area contributed by atoms with E-state index in [4.69, 9.17) is 21.9 Å². The van der Waals surface area contributed by atoms with Gasteiger partial charge in [-0.25, -0.2) is 9.37 Å². The number of fused-ring (bicyclic) bond motifs is 4. The third kappa shape index (κ3) is 3.22. The zero-order valence-electron chi connectivity index (χ0n) is 20.5. The average Bonchev–Trinajstić information content (AvgIpc) is 2.84. The molecule has 0 amide bonds. The van der Waals surface area contributed by atoms with E-state index in [1.165, 1.54) is 11.1 Å². The molecule has 4 aliphatic rings. The molecule has 0 saturated heterocycles. The predicted octanol–water partition coefficient (Wildman–Crippen LogP) is 5.84. The van der Waals surface area contributed by atoms with Crippen LogP contribution in [0.2, 0.25) is 0 Å². The van der Waals surface area contributed by atoms with Crippen LogP contribution in [0, 0.1) is 18.7 Å². The highest BCUT2D eigenvalue weighted by atomic mass is 32.1. The molecule has 6 rings (SSSR count). The number of benzene rings is 1. The molecule has 1 N–H and O–H groups in total. The first kappa shape index (κ1) is 23.0. The number of ether oxygens (including phenoxy) is 1. The number of hydrogen-bond acceptors (Lipinski definition) is 5. The molecule has 35 heavy (non-hydrogen) atoms. The van der Waals surface area contributed by atoms with Crippen molar-refractivity contribution in [3.8, 4) is 0 Å². The number of Topliss-reactive ketones (excluding diaryl/α,β-unsaturated/α-hetero) is 1. The Bertz CT molecular complexity index is 1390. The predicted molar refractivity (Wildman–Crippen MR) is 138 cm³/mol. The number of ketones is 1. The van der Waals surface area contributed by atoms with Crippen LogP contribution in [0.5, 0.6) is 0 Å². The summed E-state index contributed by atoms with van der Waals surface area (Å²) < 4.78 is 20.5. The monoisotopic (exact) mass is 491 g/mol. The number of nitrogens with zero attached hydrogens (tertiary/aromatic N) is 1. The molecular weight excluding hydrogens is 461 g/mol. The van der Waals surface area contributed by atoms with Crippen LogP contribution < -0.4 is 0 Å².